The van der Waals surface area contributed by atoms with Gasteiger partial charge in [0, 0.05) is 25.3 Å². The monoisotopic (exact) mass is 249 g/mol. The molecule has 1 aliphatic rings. The first-order valence-electron chi connectivity index (χ1n) is 6.10. The second-order valence-corrected chi connectivity index (χ2v) is 5.09. The zero-order valence-electron chi connectivity index (χ0n) is 11.0. The van der Waals surface area contributed by atoms with Crippen LogP contribution in [0, 0.1) is 5.92 Å². The Morgan fingerprint density at radius 2 is 2.22 bits per heavy atom. The lowest BCUT2D eigenvalue weighted by Gasteiger charge is -2.23. The van der Waals surface area contributed by atoms with Crippen LogP contribution in [0.2, 0.25) is 0 Å². The molecule has 1 aromatic heterocycles. The number of aromatic carboxylic acids is 1. The normalized spacial score (nSPS) is 23.7. The third-order valence-electron chi connectivity index (χ3n) is 3.57. The average molecular weight is 249 g/mol. The van der Waals surface area contributed by atoms with Gasteiger partial charge in [0.05, 0.1) is 5.69 Å². The summed E-state index contributed by atoms with van der Waals surface area (Å²) in [6, 6.07) is 4.07. The van der Waals surface area contributed by atoms with E-state index in [0.717, 1.165) is 18.8 Å². The number of hydrogen-bond acceptors (Lipinski definition) is 4. The smallest absolute Gasteiger partial charge is 0.356 e. The highest BCUT2D eigenvalue weighted by Crippen LogP contribution is 2.27. The molecule has 0 aliphatic carbocycles. The van der Waals surface area contributed by atoms with Crippen molar-refractivity contribution in [2.45, 2.75) is 13.0 Å². The molecule has 0 spiro atoms. The number of nitrogens with zero attached hydrogens (tertiary/aromatic N) is 3. The molecule has 0 aromatic carbocycles. The molecule has 1 N–H and O–H groups in total. The van der Waals surface area contributed by atoms with Crippen LogP contribution in [0.15, 0.2) is 18.3 Å². The van der Waals surface area contributed by atoms with Crippen molar-refractivity contribution in [1.82, 2.24) is 9.88 Å². The molecule has 1 aromatic rings. The van der Waals surface area contributed by atoms with Gasteiger partial charge in [0.15, 0.2) is 5.69 Å². The van der Waals surface area contributed by atoms with E-state index >= 15 is 0 Å². The first kappa shape index (κ1) is 12.8. The fraction of sp³-hybridized carbons (Fsp3) is 0.538. The number of carboxylic acid groups (broad SMARTS) is 1. The molecule has 1 fully saturated rings. The molecule has 0 radical (unpaired) electrons. The molecule has 2 rings (SSSR count). The summed E-state index contributed by atoms with van der Waals surface area (Å²) in [5.74, 6) is -0.451. The van der Waals surface area contributed by atoms with E-state index in [4.69, 9.17) is 5.11 Å². The Hall–Kier alpha value is -1.62. The van der Waals surface area contributed by atoms with Crippen molar-refractivity contribution in [2.24, 2.45) is 5.92 Å². The lowest BCUT2D eigenvalue weighted by Crippen LogP contribution is -2.34. The number of aromatic nitrogens is 1. The number of rotatable bonds is 3. The summed E-state index contributed by atoms with van der Waals surface area (Å²) in [7, 11) is 4.12. The number of hydrogen-bond donors (Lipinski definition) is 1. The predicted octanol–water partition coefficient (Wildman–Crippen LogP) is 1.17. The minimum absolute atomic E-state index is 0.143. The molecule has 0 amide bonds. The van der Waals surface area contributed by atoms with Crippen LogP contribution in [0.4, 0.5) is 5.69 Å². The van der Waals surface area contributed by atoms with Crippen LogP contribution in [-0.2, 0) is 0 Å². The molecule has 2 heterocycles. The minimum atomic E-state index is -0.966. The number of pyridine rings is 1. The first-order chi connectivity index (χ1) is 8.50. The highest BCUT2D eigenvalue weighted by molar-refractivity contribution is 5.92. The highest BCUT2D eigenvalue weighted by atomic mass is 16.4. The predicted molar refractivity (Wildman–Crippen MR) is 70.0 cm³/mol. The van der Waals surface area contributed by atoms with Crippen molar-refractivity contribution in [3.8, 4) is 0 Å². The van der Waals surface area contributed by atoms with E-state index in [1.807, 2.05) is 6.07 Å². The summed E-state index contributed by atoms with van der Waals surface area (Å²) >= 11 is 0. The maximum absolute atomic E-state index is 11.2. The van der Waals surface area contributed by atoms with Crippen molar-refractivity contribution in [1.29, 1.82) is 0 Å². The molecule has 0 bridgehead atoms. The molecule has 5 nitrogen and oxygen atoms in total. The third-order valence-corrected chi connectivity index (χ3v) is 3.57. The molecule has 2 unspecified atom stereocenters. The van der Waals surface area contributed by atoms with Crippen LogP contribution in [0.3, 0.4) is 0 Å². The van der Waals surface area contributed by atoms with Crippen molar-refractivity contribution < 1.29 is 9.90 Å². The van der Waals surface area contributed by atoms with Gasteiger partial charge in [-0.1, -0.05) is 6.92 Å². The van der Waals surface area contributed by atoms with Gasteiger partial charge in [0.1, 0.15) is 0 Å². The number of carbonyl (C=O) groups is 1. The van der Waals surface area contributed by atoms with Gasteiger partial charge < -0.3 is 14.9 Å². The molecule has 98 valence electrons. The summed E-state index contributed by atoms with van der Waals surface area (Å²) in [6.45, 7) is 3.91. The summed E-state index contributed by atoms with van der Waals surface area (Å²) in [5, 5.41) is 9.17. The molecular formula is C13H19N3O2. The Bertz CT molecular complexity index is 448. The summed E-state index contributed by atoms with van der Waals surface area (Å²) in [5.41, 5.74) is 0.866. The second kappa shape index (κ2) is 4.94. The molecule has 18 heavy (non-hydrogen) atoms. The minimum Gasteiger partial charge on any atom is -0.476 e. The molecule has 5 heteroatoms. The van der Waals surface area contributed by atoms with Gasteiger partial charge in [-0.2, -0.15) is 0 Å². The van der Waals surface area contributed by atoms with E-state index in [9.17, 15) is 4.79 Å². The second-order valence-electron chi connectivity index (χ2n) is 5.09. The topological polar surface area (TPSA) is 56.7 Å². The Morgan fingerprint density at radius 1 is 1.50 bits per heavy atom. The van der Waals surface area contributed by atoms with Gasteiger partial charge in [-0.05, 0) is 32.1 Å². The van der Waals surface area contributed by atoms with Gasteiger partial charge >= 0.3 is 5.97 Å². The van der Waals surface area contributed by atoms with Crippen LogP contribution < -0.4 is 4.90 Å². The van der Waals surface area contributed by atoms with Gasteiger partial charge in [-0.25, -0.2) is 9.78 Å². The Kier molecular flexibility index (Phi) is 3.52. The average Bonchev–Trinajstić information content (AvgIpc) is 2.71. The Labute approximate surface area is 107 Å². The SMILES string of the molecule is CC1CN(c2cccnc2C(=O)O)CC1N(C)C. The lowest BCUT2D eigenvalue weighted by atomic mass is 10.1. The number of carboxylic acids is 1. The molecule has 1 aliphatic heterocycles. The van der Waals surface area contributed by atoms with E-state index in [1.54, 1.807) is 6.07 Å². The largest absolute Gasteiger partial charge is 0.476 e. The Balaban J connectivity index is 2.26. The summed E-state index contributed by atoms with van der Waals surface area (Å²) in [6.07, 6.45) is 1.52. The van der Waals surface area contributed by atoms with Gasteiger partial charge in [0.2, 0.25) is 0 Å². The van der Waals surface area contributed by atoms with Crippen LogP contribution in [-0.4, -0.2) is 54.2 Å². The fourth-order valence-electron chi connectivity index (χ4n) is 2.64. The van der Waals surface area contributed by atoms with E-state index in [2.05, 4.69) is 35.8 Å². The van der Waals surface area contributed by atoms with Crippen LogP contribution in [0.1, 0.15) is 17.4 Å². The van der Waals surface area contributed by atoms with E-state index < -0.39 is 5.97 Å². The van der Waals surface area contributed by atoms with E-state index in [0.29, 0.717) is 12.0 Å². The van der Waals surface area contributed by atoms with Crippen LogP contribution >= 0.6 is 0 Å². The molecule has 1 saturated heterocycles. The molecular weight excluding hydrogens is 230 g/mol. The molecule has 2 atom stereocenters. The van der Waals surface area contributed by atoms with Crippen LogP contribution in [0.25, 0.3) is 0 Å². The quantitative estimate of drug-likeness (QED) is 0.871. The maximum atomic E-state index is 11.2. The van der Waals surface area contributed by atoms with Crippen molar-refractivity contribution in [3.05, 3.63) is 24.0 Å². The van der Waals surface area contributed by atoms with Crippen molar-refractivity contribution >= 4 is 11.7 Å². The van der Waals surface area contributed by atoms with Gasteiger partial charge in [-0.15, -0.1) is 0 Å². The van der Waals surface area contributed by atoms with Crippen LogP contribution in [0.5, 0.6) is 0 Å². The zero-order valence-corrected chi connectivity index (χ0v) is 11.0. The Morgan fingerprint density at radius 3 is 2.78 bits per heavy atom. The van der Waals surface area contributed by atoms with E-state index in [1.165, 1.54) is 6.20 Å². The standard InChI is InChI=1S/C13H19N3O2/c1-9-7-16(8-11(9)15(2)3)10-5-4-6-14-12(10)13(17)18/h4-6,9,11H,7-8H2,1-3H3,(H,17,18). The maximum Gasteiger partial charge on any atom is 0.356 e. The lowest BCUT2D eigenvalue weighted by molar-refractivity contribution is 0.0691. The van der Waals surface area contributed by atoms with Gasteiger partial charge in [0.25, 0.3) is 0 Å². The fourth-order valence-corrected chi connectivity index (χ4v) is 2.64. The zero-order chi connectivity index (χ0) is 13.3. The molecule has 0 saturated carbocycles. The van der Waals surface area contributed by atoms with Crippen molar-refractivity contribution in [2.75, 3.05) is 32.1 Å². The summed E-state index contributed by atoms with van der Waals surface area (Å²) < 4.78 is 0. The van der Waals surface area contributed by atoms with E-state index in [-0.39, 0.29) is 5.69 Å². The number of anilines is 1. The number of likely N-dealkylation sites (N-methyl/N-ethyl adjacent to an activating group) is 1. The van der Waals surface area contributed by atoms with Gasteiger partial charge in [-0.3, -0.25) is 0 Å². The first-order valence-corrected chi connectivity index (χ1v) is 6.10. The highest BCUT2D eigenvalue weighted by Gasteiger charge is 2.32. The summed E-state index contributed by atoms with van der Waals surface area (Å²) in [4.78, 5) is 19.5. The third kappa shape index (κ3) is 2.31. The van der Waals surface area contributed by atoms with Crippen molar-refractivity contribution in [3.63, 3.8) is 0 Å².